The molecule has 0 saturated carbocycles. The summed E-state index contributed by atoms with van der Waals surface area (Å²) in [6.07, 6.45) is 0. The maximum Gasteiger partial charge on any atom is 0.283 e. The van der Waals surface area contributed by atoms with Crippen LogP contribution in [0.3, 0.4) is 0 Å². The summed E-state index contributed by atoms with van der Waals surface area (Å²) in [6.45, 7) is 3.78. The summed E-state index contributed by atoms with van der Waals surface area (Å²) in [5, 5.41) is 2.51. The minimum Gasteiger partial charge on any atom is -0.349 e. The Bertz CT molecular complexity index is 941. The number of imide groups is 1. The molecule has 7 heteroatoms. The van der Waals surface area contributed by atoms with E-state index in [2.05, 4.69) is 5.32 Å². The molecule has 0 atom stereocenters. The molecule has 0 spiro atoms. The average Bonchev–Trinajstić information content (AvgIpc) is 2.77. The lowest BCUT2D eigenvalue weighted by atomic mass is 10.1. The van der Waals surface area contributed by atoms with Gasteiger partial charge in [-0.1, -0.05) is 35.3 Å². The molecule has 0 aliphatic carbocycles. The van der Waals surface area contributed by atoms with Gasteiger partial charge in [-0.05, 0) is 49.2 Å². The Kier molecular flexibility index (Phi) is 4.54. The summed E-state index contributed by atoms with van der Waals surface area (Å²) >= 11 is 11.8. The first-order valence-electron chi connectivity index (χ1n) is 7.37. The molecule has 4 nitrogen and oxygen atoms in total. The maximum absolute atomic E-state index is 13.3. The Hall–Kier alpha value is -2.37. The number of nitrogens with zero attached hydrogens (tertiary/aromatic N) is 1. The van der Waals surface area contributed by atoms with Gasteiger partial charge in [0.25, 0.3) is 11.8 Å². The highest BCUT2D eigenvalue weighted by Crippen LogP contribution is 2.32. The first-order chi connectivity index (χ1) is 11.8. The van der Waals surface area contributed by atoms with Crippen molar-refractivity contribution in [3.63, 3.8) is 0 Å². The standard InChI is InChI=1S/C18H13Cl2FN2O2/c1-9-3-4-10(2)14(7-9)22-16-15(20)17(24)23(18(16)25)11-5-6-13(21)12(19)8-11/h3-8,22H,1-2H3. The molecule has 25 heavy (non-hydrogen) atoms. The number of benzene rings is 2. The van der Waals surface area contributed by atoms with Gasteiger partial charge < -0.3 is 5.32 Å². The number of aryl methyl sites for hydroxylation is 2. The molecular formula is C18H13Cl2FN2O2. The number of amides is 2. The minimum absolute atomic E-state index is 0.0270. The lowest BCUT2D eigenvalue weighted by molar-refractivity contribution is -0.120. The van der Waals surface area contributed by atoms with Gasteiger partial charge in [-0.15, -0.1) is 0 Å². The van der Waals surface area contributed by atoms with Crippen molar-refractivity contribution in [2.75, 3.05) is 10.2 Å². The van der Waals surface area contributed by atoms with E-state index in [0.717, 1.165) is 22.1 Å². The van der Waals surface area contributed by atoms with Crippen LogP contribution in [0.2, 0.25) is 5.02 Å². The molecule has 3 rings (SSSR count). The number of hydrogen-bond acceptors (Lipinski definition) is 3. The number of anilines is 2. The van der Waals surface area contributed by atoms with Crippen LogP contribution in [0, 0.1) is 19.7 Å². The molecule has 128 valence electrons. The largest absolute Gasteiger partial charge is 0.349 e. The molecule has 2 aromatic carbocycles. The maximum atomic E-state index is 13.3. The summed E-state index contributed by atoms with van der Waals surface area (Å²) in [6, 6.07) is 9.26. The second kappa shape index (κ2) is 6.50. The minimum atomic E-state index is -0.692. The molecule has 0 saturated heterocycles. The van der Waals surface area contributed by atoms with Crippen LogP contribution in [-0.4, -0.2) is 11.8 Å². The van der Waals surface area contributed by atoms with Crippen molar-refractivity contribution in [1.29, 1.82) is 0 Å². The summed E-state index contributed by atoms with van der Waals surface area (Å²) < 4.78 is 13.3. The summed E-state index contributed by atoms with van der Waals surface area (Å²) in [4.78, 5) is 26.0. The summed E-state index contributed by atoms with van der Waals surface area (Å²) in [5.41, 5.74) is 2.68. The first-order valence-corrected chi connectivity index (χ1v) is 8.13. The second-order valence-corrected chi connectivity index (χ2v) is 6.46. The van der Waals surface area contributed by atoms with Gasteiger partial charge in [0.05, 0.1) is 10.7 Å². The molecular weight excluding hydrogens is 366 g/mol. The van der Waals surface area contributed by atoms with E-state index in [1.54, 1.807) is 0 Å². The number of nitrogens with one attached hydrogen (secondary N) is 1. The van der Waals surface area contributed by atoms with Crippen LogP contribution in [0.25, 0.3) is 0 Å². The predicted octanol–water partition coefficient (Wildman–Crippen LogP) is 4.53. The van der Waals surface area contributed by atoms with E-state index >= 15 is 0 Å². The predicted molar refractivity (Wildman–Crippen MR) is 96.3 cm³/mol. The quantitative estimate of drug-likeness (QED) is 0.798. The van der Waals surface area contributed by atoms with Crippen molar-refractivity contribution >= 4 is 46.4 Å². The summed E-state index contributed by atoms with van der Waals surface area (Å²) in [7, 11) is 0. The molecule has 1 N–H and O–H groups in total. The van der Waals surface area contributed by atoms with Crippen molar-refractivity contribution in [2.24, 2.45) is 0 Å². The second-order valence-electron chi connectivity index (χ2n) is 5.68. The van der Waals surface area contributed by atoms with E-state index < -0.39 is 17.6 Å². The number of carbonyl (C=O) groups is 2. The topological polar surface area (TPSA) is 49.4 Å². The monoisotopic (exact) mass is 378 g/mol. The third kappa shape index (κ3) is 3.13. The fourth-order valence-electron chi connectivity index (χ4n) is 2.48. The Morgan fingerprint density at radius 1 is 1.00 bits per heavy atom. The van der Waals surface area contributed by atoms with Crippen LogP contribution in [0.5, 0.6) is 0 Å². The molecule has 0 unspecified atom stereocenters. The molecule has 0 radical (unpaired) electrons. The van der Waals surface area contributed by atoms with E-state index in [0.29, 0.717) is 5.69 Å². The van der Waals surface area contributed by atoms with Gasteiger partial charge >= 0.3 is 0 Å². The highest BCUT2D eigenvalue weighted by Gasteiger charge is 2.39. The zero-order valence-corrected chi connectivity index (χ0v) is 14.9. The summed E-state index contributed by atoms with van der Waals surface area (Å²) in [5.74, 6) is -1.96. The van der Waals surface area contributed by atoms with E-state index in [1.807, 2.05) is 32.0 Å². The van der Waals surface area contributed by atoms with E-state index in [1.165, 1.54) is 12.1 Å². The first kappa shape index (κ1) is 17.5. The van der Waals surface area contributed by atoms with Gasteiger partial charge in [0.1, 0.15) is 16.5 Å². The van der Waals surface area contributed by atoms with E-state index in [-0.39, 0.29) is 21.4 Å². The molecule has 1 heterocycles. The van der Waals surface area contributed by atoms with Crippen LogP contribution in [0.15, 0.2) is 47.1 Å². The van der Waals surface area contributed by atoms with Crippen molar-refractivity contribution in [3.8, 4) is 0 Å². The Balaban J connectivity index is 1.96. The highest BCUT2D eigenvalue weighted by molar-refractivity contribution is 6.53. The molecule has 1 aliphatic rings. The lowest BCUT2D eigenvalue weighted by Gasteiger charge is -2.16. The Morgan fingerprint density at radius 3 is 2.40 bits per heavy atom. The average molecular weight is 379 g/mol. The highest BCUT2D eigenvalue weighted by atomic mass is 35.5. The van der Waals surface area contributed by atoms with Crippen LogP contribution < -0.4 is 10.2 Å². The molecule has 0 bridgehead atoms. The number of rotatable bonds is 3. The fourth-order valence-corrected chi connectivity index (χ4v) is 2.86. The van der Waals surface area contributed by atoms with Crippen molar-refractivity contribution < 1.29 is 14.0 Å². The normalized spacial score (nSPS) is 14.5. The van der Waals surface area contributed by atoms with Crippen LogP contribution >= 0.6 is 23.2 Å². The van der Waals surface area contributed by atoms with Gasteiger partial charge in [0, 0.05) is 5.69 Å². The van der Waals surface area contributed by atoms with Gasteiger partial charge in [-0.25, -0.2) is 9.29 Å². The van der Waals surface area contributed by atoms with Gasteiger partial charge in [0.2, 0.25) is 0 Å². The molecule has 1 aliphatic heterocycles. The SMILES string of the molecule is Cc1ccc(C)c(NC2=C(Cl)C(=O)N(c3ccc(F)c(Cl)c3)C2=O)c1. The van der Waals surface area contributed by atoms with Gasteiger partial charge in [0.15, 0.2) is 0 Å². The number of halogens is 3. The van der Waals surface area contributed by atoms with Crippen molar-refractivity contribution in [1.82, 2.24) is 0 Å². The molecule has 0 fully saturated rings. The van der Waals surface area contributed by atoms with Crippen LogP contribution in [0.1, 0.15) is 11.1 Å². The third-order valence-electron chi connectivity index (χ3n) is 3.84. The van der Waals surface area contributed by atoms with E-state index in [4.69, 9.17) is 23.2 Å². The van der Waals surface area contributed by atoms with Crippen molar-refractivity contribution in [3.05, 3.63) is 69.1 Å². The molecule has 2 aromatic rings. The fraction of sp³-hybridized carbons (Fsp3) is 0.111. The van der Waals surface area contributed by atoms with Gasteiger partial charge in [-0.2, -0.15) is 0 Å². The zero-order chi connectivity index (χ0) is 18.3. The zero-order valence-electron chi connectivity index (χ0n) is 13.4. The number of hydrogen-bond donors (Lipinski definition) is 1. The number of carbonyl (C=O) groups excluding carboxylic acids is 2. The van der Waals surface area contributed by atoms with Crippen LogP contribution in [0.4, 0.5) is 15.8 Å². The smallest absolute Gasteiger partial charge is 0.283 e. The van der Waals surface area contributed by atoms with E-state index in [9.17, 15) is 14.0 Å². The molecule has 2 amide bonds. The lowest BCUT2D eigenvalue weighted by Crippen LogP contribution is -2.32. The third-order valence-corrected chi connectivity index (χ3v) is 4.48. The Morgan fingerprint density at radius 2 is 1.72 bits per heavy atom. The molecule has 0 aromatic heterocycles. The Labute approximate surface area is 153 Å². The van der Waals surface area contributed by atoms with Gasteiger partial charge in [-0.3, -0.25) is 9.59 Å². The van der Waals surface area contributed by atoms with Crippen LogP contribution in [-0.2, 0) is 9.59 Å². The van der Waals surface area contributed by atoms with Crippen molar-refractivity contribution in [2.45, 2.75) is 13.8 Å².